The van der Waals surface area contributed by atoms with Crippen LogP contribution < -0.4 is 5.73 Å². The van der Waals surface area contributed by atoms with Gasteiger partial charge in [-0.1, -0.05) is 0 Å². The van der Waals surface area contributed by atoms with Gasteiger partial charge in [0.05, 0.1) is 11.6 Å². The van der Waals surface area contributed by atoms with Gasteiger partial charge in [-0.25, -0.2) is 0 Å². The minimum absolute atomic E-state index is 0.0497. The van der Waals surface area contributed by atoms with Gasteiger partial charge < -0.3 is 15.4 Å². The molecule has 1 rings (SSSR count). The number of nitrogens with zero attached hydrogens (tertiary/aromatic N) is 2. The predicted molar refractivity (Wildman–Crippen MR) is 72.2 cm³/mol. The molecule has 1 aliphatic heterocycles. The van der Waals surface area contributed by atoms with Gasteiger partial charge in [-0.05, 0) is 47.3 Å². The van der Waals surface area contributed by atoms with Crippen molar-refractivity contribution in [1.82, 2.24) is 9.80 Å². The fourth-order valence-electron chi connectivity index (χ4n) is 2.89. The Hall–Kier alpha value is -0.160. The molecule has 0 aliphatic carbocycles. The second-order valence-corrected chi connectivity index (χ2v) is 5.69. The minimum Gasteiger partial charge on any atom is -0.380 e. The van der Waals surface area contributed by atoms with Crippen LogP contribution in [0.3, 0.4) is 0 Å². The van der Waals surface area contributed by atoms with Crippen LogP contribution in [-0.2, 0) is 4.74 Å². The molecule has 1 saturated heterocycles. The number of likely N-dealkylation sites (N-methyl/N-ethyl adjacent to an activating group) is 1. The average molecular weight is 243 g/mol. The lowest BCUT2D eigenvalue weighted by Crippen LogP contribution is -2.61. The average Bonchev–Trinajstić information content (AvgIpc) is 2.74. The second kappa shape index (κ2) is 6.14. The molecule has 0 aromatic heterocycles. The fourth-order valence-corrected chi connectivity index (χ4v) is 2.89. The molecule has 0 bridgehead atoms. The van der Waals surface area contributed by atoms with Gasteiger partial charge in [0.1, 0.15) is 0 Å². The van der Waals surface area contributed by atoms with E-state index >= 15 is 0 Å². The van der Waals surface area contributed by atoms with Crippen LogP contribution in [0.15, 0.2) is 0 Å². The molecule has 1 fully saturated rings. The Labute approximate surface area is 106 Å². The van der Waals surface area contributed by atoms with Crippen LogP contribution in [0.2, 0.25) is 0 Å². The lowest BCUT2D eigenvalue weighted by molar-refractivity contribution is -0.0401. The van der Waals surface area contributed by atoms with Crippen LogP contribution in [0.1, 0.15) is 26.7 Å². The van der Waals surface area contributed by atoms with Gasteiger partial charge in [0.2, 0.25) is 0 Å². The zero-order valence-corrected chi connectivity index (χ0v) is 12.1. The summed E-state index contributed by atoms with van der Waals surface area (Å²) in [5, 5.41) is 0. The van der Waals surface area contributed by atoms with Gasteiger partial charge in [-0.2, -0.15) is 0 Å². The predicted octanol–water partition coefficient (Wildman–Crippen LogP) is 0.765. The Kier molecular flexibility index (Phi) is 5.38. The quantitative estimate of drug-likeness (QED) is 0.748. The van der Waals surface area contributed by atoms with E-state index in [4.69, 9.17) is 10.5 Å². The summed E-state index contributed by atoms with van der Waals surface area (Å²) in [6.45, 7) is 7.24. The molecule has 2 N–H and O–H groups in total. The number of hydrogen-bond acceptors (Lipinski definition) is 4. The maximum Gasteiger partial charge on any atom is 0.0736 e. The molecule has 102 valence electrons. The standard InChI is InChI=1S/C13H29N3O/c1-11(17-5)13(2,10-14)16-8-6-7-12(16)9-15(3)4/h11-12H,6-10,14H2,1-5H3. The summed E-state index contributed by atoms with van der Waals surface area (Å²) in [6.07, 6.45) is 2.70. The van der Waals surface area contributed by atoms with Crippen molar-refractivity contribution in [3.8, 4) is 0 Å². The molecule has 3 unspecified atom stereocenters. The zero-order valence-electron chi connectivity index (χ0n) is 12.1. The molecule has 0 aromatic rings. The Balaban J connectivity index is 2.79. The minimum atomic E-state index is -0.0497. The van der Waals surface area contributed by atoms with Gasteiger partial charge in [0.25, 0.3) is 0 Å². The molecule has 3 atom stereocenters. The van der Waals surface area contributed by atoms with Crippen LogP contribution in [0.25, 0.3) is 0 Å². The third-order valence-electron chi connectivity index (χ3n) is 4.25. The zero-order chi connectivity index (χ0) is 13.1. The summed E-state index contributed by atoms with van der Waals surface area (Å²) in [4.78, 5) is 4.82. The van der Waals surface area contributed by atoms with E-state index in [0.717, 1.165) is 13.1 Å². The van der Waals surface area contributed by atoms with Crippen molar-refractivity contribution in [2.45, 2.75) is 44.4 Å². The first-order valence-corrected chi connectivity index (χ1v) is 6.60. The Bertz CT molecular complexity index is 235. The first-order valence-electron chi connectivity index (χ1n) is 6.60. The molecule has 1 heterocycles. The third-order valence-corrected chi connectivity index (χ3v) is 4.25. The highest BCUT2D eigenvalue weighted by Gasteiger charge is 2.42. The Morgan fingerprint density at radius 1 is 1.53 bits per heavy atom. The van der Waals surface area contributed by atoms with E-state index < -0.39 is 0 Å². The van der Waals surface area contributed by atoms with Crippen molar-refractivity contribution in [3.63, 3.8) is 0 Å². The van der Waals surface area contributed by atoms with E-state index in [-0.39, 0.29) is 11.6 Å². The normalized spacial score (nSPS) is 27.4. The van der Waals surface area contributed by atoms with Gasteiger partial charge in [-0.15, -0.1) is 0 Å². The molecule has 4 heteroatoms. The number of nitrogens with two attached hydrogens (primary N) is 1. The largest absolute Gasteiger partial charge is 0.380 e. The molecule has 17 heavy (non-hydrogen) atoms. The topological polar surface area (TPSA) is 41.7 Å². The van der Waals surface area contributed by atoms with Crippen LogP contribution in [0, 0.1) is 0 Å². The van der Waals surface area contributed by atoms with Crippen LogP contribution in [0.4, 0.5) is 0 Å². The molecule has 0 amide bonds. The summed E-state index contributed by atoms with van der Waals surface area (Å²) in [6, 6.07) is 0.608. The van der Waals surface area contributed by atoms with Gasteiger partial charge in [0, 0.05) is 26.2 Å². The van der Waals surface area contributed by atoms with E-state index in [1.807, 2.05) is 0 Å². The molecule has 0 saturated carbocycles. The molecule has 4 nitrogen and oxygen atoms in total. The van der Waals surface area contributed by atoms with Crippen molar-refractivity contribution in [2.75, 3.05) is 40.8 Å². The first-order chi connectivity index (χ1) is 7.95. The molecule has 0 spiro atoms. The third kappa shape index (κ3) is 3.19. The van der Waals surface area contributed by atoms with Crippen LogP contribution in [0.5, 0.6) is 0 Å². The molecule has 0 aromatic carbocycles. The second-order valence-electron chi connectivity index (χ2n) is 5.69. The first kappa shape index (κ1) is 14.9. The van der Waals surface area contributed by atoms with E-state index in [0.29, 0.717) is 12.6 Å². The van der Waals surface area contributed by atoms with Crippen LogP contribution in [-0.4, -0.2) is 68.3 Å². The lowest BCUT2D eigenvalue weighted by Gasteiger charge is -2.45. The molecular weight excluding hydrogens is 214 g/mol. The monoisotopic (exact) mass is 243 g/mol. The van der Waals surface area contributed by atoms with Crippen molar-refractivity contribution < 1.29 is 4.74 Å². The Morgan fingerprint density at radius 2 is 2.18 bits per heavy atom. The molecular formula is C13H29N3O. The van der Waals surface area contributed by atoms with E-state index in [2.05, 4.69) is 37.7 Å². The van der Waals surface area contributed by atoms with Crippen molar-refractivity contribution in [3.05, 3.63) is 0 Å². The highest BCUT2D eigenvalue weighted by Crippen LogP contribution is 2.30. The molecule has 1 aliphatic rings. The van der Waals surface area contributed by atoms with Crippen molar-refractivity contribution >= 4 is 0 Å². The fraction of sp³-hybridized carbons (Fsp3) is 1.00. The molecule has 0 radical (unpaired) electrons. The van der Waals surface area contributed by atoms with Crippen molar-refractivity contribution in [1.29, 1.82) is 0 Å². The van der Waals surface area contributed by atoms with E-state index in [1.165, 1.54) is 12.8 Å². The maximum atomic E-state index is 6.02. The number of hydrogen-bond donors (Lipinski definition) is 1. The highest BCUT2D eigenvalue weighted by atomic mass is 16.5. The SMILES string of the molecule is COC(C)C(C)(CN)N1CCCC1CN(C)C. The van der Waals surface area contributed by atoms with Gasteiger partial charge >= 0.3 is 0 Å². The van der Waals surface area contributed by atoms with Gasteiger partial charge in [0.15, 0.2) is 0 Å². The van der Waals surface area contributed by atoms with Crippen molar-refractivity contribution in [2.24, 2.45) is 5.73 Å². The number of ether oxygens (including phenoxy) is 1. The summed E-state index contributed by atoms with van der Waals surface area (Å²) >= 11 is 0. The maximum absolute atomic E-state index is 6.02. The number of methoxy groups -OCH3 is 1. The summed E-state index contributed by atoms with van der Waals surface area (Å²) < 4.78 is 5.54. The lowest BCUT2D eigenvalue weighted by atomic mass is 9.92. The summed E-state index contributed by atoms with van der Waals surface area (Å²) in [5.74, 6) is 0. The van der Waals surface area contributed by atoms with E-state index in [1.54, 1.807) is 7.11 Å². The number of rotatable bonds is 6. The smallest absolute Gasteiger partial charge is 0.0736 e. The summed E-state index contributed by atoms with van der Waals surface area (Å²) in [5.41, 5.74) is 5.97. The van der Waals surface area contributed by atoms with Crippen LogP contribution >= 0.6 is 0 Å². The number of likely N-dealkylation sites (tertiary alicyclic amines) is 1. The summed E-state index contributed by atoms with van der Waals surface area (Å²) in [7, 11) is 6.04. The Morgan fingerprint density at radius 3 is 2.65 bits per heavy atom. The van der Waals surface area contributed by atoms with Gasteiger partial charge in [-0.3, -0.25) is 4.90 Å². The van der Waals surface area contributed by atoms with E-state index in [9.17, 15) is 0 Å². The highest BCUT2D eigenvalue weighted by molar-refractivity contribution is 4.99.